The van der Waals surface area contributed by atoms with Gasteiger partial charge in [0.1, 0.15) is 24.4 Å². The number of ether oxygens (including phenoxy) is 8. The van der Waals surface area contributed by atoms with E-state index in [1.54, 1.807) is 0 Å². The van der Waals surface area contributed by atoms with Crippen LogP contribution in [0.2, 0.25) is 0 Å². The zero-order chi connectivity index (χ0) is 18.7. The Morgan fingerprint density at radius 3 is 2.12 bits per heavy atom. The summed E-state index contributed by atoms with van der Waals surface area (Å²) in [5, 5.41) is 0. The Bertz CT molecular complexity index is 536. The molecule has 0 spiro atoms. The van der Waals surface area contributed by atoms with Gasteiger partial charge in [0.2, 0.25) is 0 Å². The number of alkyl halides is 2. The maximum Gasteiger partial charge on any atom is 0.315 e. The standard InChI is InChI=1S/C16H24Cl2O8/c1-14(2)23-9-8(7-21-16(13(17)18)19-5-6-20-16)22-12-11(10(9)24-14)25-15(3,4)26-12/h8-13H,5-7H2,1-4H3/t8-,9+,10+,11-,12-/m1/s1. The predicted octanol–water partition coefficient (Wildman–Crippen LogP) is 1.90. The molecule has 0 bridgehead atoms. The topological polar surface area (TPSA) is 73.8 Å². The molecule has 0 unspecified atom stereocenters. The summed E-state index contributed by atoms with van der Waals surface area (Å²) in [5.41, 5.74) is 0. The first-order valence-corrected chi connectivity index (χ1v) is 9.55. The summed E-state index contributed by atoms with van der Waals surface area (Å²) < 4.78 is 46.7. The summed E-state index contributed by atoms with van der Waals surface area (Å²) in [6.07, 6.45) is -2.26. The average Bonchev–Trinajstić information content (AvgIpc) is 3.19. The van der Waals surface area contributed by atoms with Gasteiger partial charge in [0, 0.05) is 0 Å². The van der Waals surface area contributed by atoms with Gasteiger partial charge in [-0.05, 0) is 27.7 Å². The Labute approximate surface area is 162 Å². The van der Waals surface area contributed by atoms with E-state index in [-0.39, 0.29) is 12.7 Å². The minimum Gasteiger partial charge on any atom is -0.342 e. The van der Waals surface area contributed by atoms with Crippen LogP contribution in [0, 0.1) is 0 Å². The molecule has 0 aromatic carbocycles. The number of halogens is 2. The van der Waals surface area contributed by atoms with E-state index in [1.165, 1.54) is 0 Å². The molecule has 0 amide bonds. The van der Waals surface area contributed by atoms with E-state index in [0.717, 1.165) is 0 Å². The number of fused-ring (bicyclic) bond motifs is 3. The minimum absolute atomic E-state index is 0.0730. The van der Waals surface area contributed by atoms with Crippen LogP contribution >= 0.6 is 23.2 Å². The summed E-state index contributed by atoms with van der Waals surface area (Å²) in [6.45, 7) is 8.11. The SMILES string of the molecule is CC1(C)O[C@H]2[C@@H](O1)[C@@H](COC1(C(Cl)Cl)OCCO1)O[C@@H]1OC(C)(C)O[C@@H]12. The highest BCUT2D eigenvalue weighted by Crippen LogP contribution is 2.44. The van der Waals surface area contributed by atoms with E-state index in [0.29, 0.717) is 13.2 Å². The normalized spacial score (nSPS) is 42.8. The third-order valence-electron chi connectivity index (χ3n) is 4.66. The van der Waals surface area contributed by atoms with Gasteiger partial charge in [-0.25, -0.2) is 0 Å². The number of hydrogen-bond acceptors (Lipinski definition) is 8. The Hall–Kier alpha value is 0.260. The second-order valence-corrected chi connectivity index (χ2v) is 8.72. The van der Waals surface area contributed by atoms with Crippen LogP contribution in [0.1, 0.15) is 27.7 Å². The molecule has 26 heavy (non-hydrogen) atoms. The molecule has 4 rings (SSSR count). The number of hydrogen-bond donors (Lipinski definition) is 0. The lowest BCUT2D eigenvalue weighted by Gasteiger charge is -2.38. The molecule has 4 fully saturated rings. The van der Waals surface area contributed by atoms with E-state index in [1.807, 2.05) is 27.7 Å². The molecule has 5 atom stereocenters. The summed E-state index contributed by atoms with van der Waals surface area (Å²) in [6, 6.07) is 0. The van der Waals surface area contributed by atoms with Gasteiger partial charge in [0.15, 0.2) is 22.7 Å². The molecule has 4 heterocycles. The molecule has 0 radical (unpaired) electrons. The molecule has 4 saturated heterocycles. The van der Waals surface area contributed by atoms with Crippen molar-refractivity contribution >= 4 is 23.2 Å². The Morgan fingerprint density at radius 1 is 0.885 bits per heavy atom. The van der Waals surface area contributed by atoms with Crippen LogP contribution in [0.3, 0.4) is 0 Å². The fraction of sp³-hybridized carbons (Fsp3) is 1.00. The smallest absolute Gasteiger partial charge is 0.315 e. The van der Waals surface area contributed by atoms with Crippen molar-refractivity contribution in [2.75, 3.05) is 19.8 Å². The highest BCUT2D eigenvalue weighted by atomic mass is 35.5. The first kappa shape index (κ1) is 19.6. The number of rotatable bonds is 4. The Morgan fingerprint density at radius 2 is 1.46 bits per heavy atom. The lowest BCUT2D eigenvalue weighted by atomic mass is 9.99. The lowest BCUT2D eigenvalue weighted by molar-refractivity contribution is -0.340. The summed E-state index contributed by atoms with van der Waals surface area (Å²) >= 11 is 12.0. The first-order chi connectivity index (χ1) is 12.1. The van der Waals surface area contributed by atoms with Gasteiger partial charge in [-0.1, -0.05) is 23.2 Å². The van der Waals surface area contributed by atoms with Crippen LogP contribution in [0.5, 0.6) is 0 Å². The summed E-state index contributed by atoms with van der Waals surface area (Å²) in [4.78, 5) is -1.01. The third kappa shape index (κ3) is 3.50. The van der Waals surface area contributed by atoms with Crippen molar-refractivity contribution in [3.05, 3.63) is 0 Å². The quantitative estimate of drug-likeness (QED) is 0.645. The molecule has 8 nitrogen and oxygen atoms in total. The second-order valence-electron chi connectivity index (χ2n) is 7.62. The monoisotopic (exact) mass is 414 g/mol. The van der Waals surface area contributed by atoms with Crippen LogP contribution in [0.15, 0.2) is 0 Å². The fourth-order valence-corrected chi connectivity index (χ4v) is 4.09. The van der Waals surface area contributed by atoms with Crippen molar-refractivity contribution < 1.29 is 37.9 Å². The van der Waals surface area contributed by atoms with Crippen LogP contribution in [0.4, 0.5) is 0 Å². The molecule has 0 aliphatic carbocycles. The summed E-state index contributed by atoms with van der Waals surface area (Å²) in [5.74, 6) is -3.07. The van der Waals surface area contributed by atoms with Crippen molar-refractivity contribution in [1.82, 2.24) is 0 Å². The van der Waals surface area contributed by atoms with E-state index in [4.69, 9.17) is 61.1 Å². The highest BCUT2D eigenvalue weighted by Gasteiger charge is 2.61. The molecule has 150 valence electrons. The summed E-state index contributed by atoms with van der Waals surface area (Å²) in [7, 11) is 0. The van der Waals surface area contributed by atoms with E-state index < -0.39 is 47.0 Å². The van der Waals surface area contributed by atoms with Crippen molar-refractivity contribution in [1.29, 1.82) is 0 Å². The van der Waals surface area contributed by atoms with Gasteiger partial charge in [0.05, 0.1) is 19.8 Å². The molecule has 4 aliphatic heterocycles. The molecular formula is C16H24Cl2O8. The fourth-order valence-electron chi connectivity index (χ4n) is 3.71. The van der Waals surface area contributed by atoms with Crippen LogP contribution in [0.25, 0.3) is 0 Å². The van der Waals surface area contributed by atoms with Gasteiger partial charge >= 0.3 is 5.97 Å². The van der Waals surface area contributed by atoms with Crippen LogP contribution in [-0.4, -0.2) is 72.9 Å². The highest BCUT2D eigenvalue weighted by molar-refractivity contribution is 6.44. The molecule has 0 aromatic heterocycles. The van der Waals surface area contributed by atoms with Gasteiger partial charge in [-0.2, -0.15) is 0 Å². The van der Waals surface area contributed by atoms with E-state index >= 15 is 0 Å². The van der Waals surface area contributed by atoms with Crippen molar-refractivity contribution in [3.63, 3.8) is 0 Å². The molecular weight excluding hydrogens is 391 g/mol. The second kappa shape index (κ2) is 6.66. The zero-order valence-corrected chi connectivity index (χ0v) is 16.6. The molecule has 0 saturated carbocycles. The first-order valence-electron chi connectivity index (χ1n) is 8.68. The van der Waals surface area contributed by atoms with E-state index in [2.05, 4.69) is 0 Å². The zero-order valence-electron chi connectivity index (χ0n) is 15.1. The Balaban J connectivity index is 1.51. The van der Waals surface area contributed by atoms with Gasteiger partial charge in [-0.15, -0.1) is 0 Å². The third-order valence-corrected chi connectivity index (χ3v) is 5.19. The lowest BCUT2D eigenvalue weighted by Crippen LogP contribution is -2.57. The van der Waals surface area contributed by atoms with Crippen LogP contribution < -0.4 is 0 Å². The van der Waals surface area contributed by atoms with Crippen molar-refractivity contribution in [3.8, 4) is 0 Å². The largest absolute Gasteiger partial charge is 0.342 e. The Kier molecular flexibility index (Phi) is 5.01. The maximum atomic E-state index is 6.06. The van der Waals surface area contributed by atoms with Gasteiger partial charge < -0.3 is 37.9 Å². The van der Waals surface area contributed by atoms with Crippen LogP contribution in [-0.2, 0) is 37.9 Å². The molecule has 0 N–H and O–H groups in total. The van der Waals surface area contributed by atoms with E-state index in [9.17, 15) is 0 Å². The average molecular weight is 415 g/mol. The predicted molar refractivity (Wildman–Crippen MR) is 88.6 cm³/mol. The maximum absolute atomic E-state index is 6.06. The molecule has 0 aromatic rings. The van der Waals surface area contributed by atoms with Crippen molar-refractivity contribution in [2.45, 2.75) is 80.8 Å². The van der Waals surface area contributed by atoms with Crippen molar-refractivity contribution in [2.24, 2.45) is 0 Å². The van der Waals surface area contributed by atoms with Gasteiger partial charge in [-0.3, -0.25) is 0 Å². The molecule has 4 aliphatic rings. The minimum atomic E-state index is -1.51. The molecule has 10 heteroatoms. The van der Waals surface area contributed by atoms with Gasteiger partial charge in [0.25, 0.3) is 0 Å².